The highest BCUT2D eigenvalue weighted by atomic mass is 16.5. The van der Waals surface area contributed by atoms with Crippen LogP contribution in [0.25, 0.3) is 0 Å². The van der Waals surface area contributed by atoms with Crippen molar-refractivity contribution in [2.24, 2.45) is 0 Å². The first kappa shape index (κ1) is 17.0. The number of methoxy groups -OCH3 is 1. The smallest absolute Gasteiger partial charge is 0.258 e. The van der Waals surface area contributed by atoms with Gasteiger partial charge in [0.25, 0.3) is 5.91 Å². The normalized spacial score (nSPS) is 13.1. The zero-order chi connectivity index (χ0) is 17.8. The number of anilines is 1. The third-order valence-corrected chi connectivity index (χ3v) is 4.39. The summed E-state index contributed by atoms with van der Waals surface area (Å²) >= 11 is 0. The molecule has 2 amide bonds. The topological polar surface area (TPSA) is 58.6 Å². The summed E-state index contributed by atoms with van der Waals surface area (Å²) in [6, 6.07) is 13.3. The summed E-state index contributed by atoms with van der Waals surface area (Å²) in [5.74, 6) is 0.626. The Labute approximate surface area is 147 Å². The van der Waals surface area contributed by atoms with Gasteiger partial charge in [0.1, 0.15) is 5.75 Å². The van der Waals surface area contributed by atoms with Crippen LogP contribution in [0.3, 0.4) is 0 Å². The molecule has 1 N–H and O–H groups in total. The number of nitrogens with zero attached hydrogens (tertiary/aromatic N) is 1. The third kappa shape index (κ3) is 3.65. The molecule has 2 aromatic carbocycles. The fourth-order valence-electron chi connectivity index (χ4n) is 3.13. The molecule has 0 spiro atoms. The van der Waals surface area contributed by atoms with Crippen molar-refractivity contribution in [3.05, 3.63) is 59.2 Å². The van der Waals surface area contributed by atoms with E-state index in [1.165, 1.54) is 6.92 Å². The predicted octanol–water partition coefficient (Wildman–Crippen LogP) is 2.92. The van der Waals surface area contributed by atoms with E-state index in [2.05, 4.69) is 5.32 Å². The highest BCUT2D eigenvalue weighted by molar-refractivity contribution is 6.07. The van der Waals surface area contributed by atoms with Crippen LogP contribution in [0.1, 0.15) is 34.8 Å². The lowest BCUT2D eigenvalue weighted by Crippen LogP contribution is -2.35. The van der Waals surface area contributed by atoms with E-state index in [0.29, 0.717) is 18.7 Å². The number of rotatable bonds is 4. The maximum atomic E-state index is 13.0. The van der Waals surface area contributed by atoms with Crippen molar-refractivity contribution < 1.29 is 14.3 Å². The number of para-hydroxylation sites is 1. The second-order valence-electron chi connectivity index (χ2n) is 6.14. The molecule has 0 aromatic heterocycles. The van der Waals surface area contributed by atoms with Crippen molar-refractivity contribution in [1.29, 1.82) is 0 Å². The summed E-state index contributed by atoms with van der Waals surface area (Å²) in [5.41, 5.74) is 3.61. The molecule has 0 aliphatic carbocycles. The van der Waals surface area contributed by atoms with Crippen LogP contribution in [0.4, 0.5) is 5.69 Å². The fraction of sp³-hybridized carbons (Fsp3) is 0.300. The molecule has 3 rings (SSSR count). The largest absolute Gasteiger partial charge is 0.495 e. The number of hydrogen-bond acceptors (Lipinski definition) is 3. The molecule has 0 atom stereocenters. The van der Waals surface area contributed by atoms with E-state index in [0.717, 1.165) is 35.4 Å². The number of hydrogen-bond donors (Lipinski definition) is 1. The quantitative estimate of drug-likeness (QED) is 0.932. The minimum Gasteiger partial charge on any atom is -0.495 e. The molecule has 0 radical (unpaired) electrons. The Morgan fingerprint density at radius 2 is 1.92 bits per heavy atom. The molecule has 2 aromatic rings. The van der Waals surface area contributed by atoms with Gasteiger partial charge in [-0.2, -0.15) is 0 Å². The van der Waals surface area contributed by atoms with Gasteiger partial charge in [0.2, 0.25) is 5.91 Å². The number of benzene rings is 2. The average Bonchev–Trinajstić information content (AvgIpc) is 2.65. The monoisotopic (exact) mass is 338 g/mol. The van der Waals surface area contributed by atoms with Crippen LogP contribution in [0, 0.1) is 0 Å². The zero-order valence-electron chi connectivity index (χ0n) is 14.5. The van der Waals surface area contributed by atoms with E-state index in [1.54, 1.807) is 12.0 Å². The first-order valence-corrected chi connectivity index (χ1v) is 8.41. The molecule has 1 aliphatic heterocycles. The van der Waals surface area contributed by atoms with E-state index in [9.17, 15) is 9.59 Å². The van der Waals surface area contributed by atoms with E-state index in [-0.39, 0.29) is 11.8 Å². The van der Waals surface area contributed by atoms with Crippen molar-refractivity contribution in [1.82, 2.24) is 5.32 Å². The first-order chi connectivity index (χ1) is 12.1. The standard InChI is InChI=1S/C20H22N2O3/c1-14(23)21-13-15-8-10-17(11-9-15)20(24)22-12-4-6-16-5-3-7-18(25-2)19(16)22/h3,5,7-11H,4,6,12-13H2,1-2H3,(H,21,23). The molecule has 0 bridgehead atoms. The van der Waals surface area contributed by atoms with E-state index in [4.69, 9.17) is 4.74 Å². The van der Waals surface area contributed by atoms with Crippen molar-refractivity contribution in [3.63, 3.8) is 0 Å². The summed E-state index contributed by atoms with van der Waals surface area (Å²) in [7, 11) is 1.63. The Hall–Kier alpha value is -2.82. The predicted molar refractivity (Wildman–Crippen MR) is 97.0 cm³/mol. The lowest BCUT2D eigenvalue weighted by molar-refractivity contribution is -0.119. The molecule has 130 valence electrons. The minimum atomic E-state index is -0.0721. The van der Waals surface area contributed by atoms with Gasteiger partial charge in [-0.05, 0) is 42.2 Å². The molecule has 0 saturated carbocycles. The summed E-state index contributed by atoms with van der Waals surface area (Å²) in [6.45, 7) is 2.63. The highest BCUT2D eigenvalue weighted by Gasteiger charge is 2.26. The number of fused-ring (bicyclic) bond motifs is 1. The number of nitrogens with one attached hydrogen (secondary N) is 1. The maximum Gasteiger partial charge on any atom is 0.258 e. The lowest BCUT2D eigenvalue weighted by atomic mass is 9.99. The van der Waals surface area contributed by atoms with Gasteiger partial charge in [-0.1, -0.05) is 24.3 Å². The third-order valence-electron chi connectivity index (χ3n) is 4.39. The summed E-state index contributed by atoms with van der Waals surface area (Å²) in [5, 5.41) is 2.75. The van der Waals surface area contributed by atoms with Crippen LogP contribution >= 0.6 is 0 Å². The van der Waals surface area contributed by atoms with E-state index < -0.39 is 0 Å². The molecule has 5 nitrogen and oxygen atoms in total. The van der Waals surface area contributed by atoms with Gasteiger partial charge in [0.15, 0.2) is 0 Å². The van der Waals surface area contributed by atoms with Gasteiger partial charge >= 0.3 is 0 Å². The highest BCUT2D eigenvalue weighted by Crippen LogP contribution is 2.36. The van der Waals surface area contributed by atoms with Gasteiger partial charge in [0.05, 0.1) is 12.8 Å². The minimum absolute atomic E-state index is 0.0310. The van der Waals surface area contributed by atoms with Crippen LogP contribution < -0.4 is 15.0 Å². The van der Waals surface area contributed by atoms with Crippen molar-refractivity contribution in [2.45, 2.75) is 26.3 Å². The average molecular weight is 338 g/mol. The summed E-state index contributed by atoms with van der Waals surface area (Å²) in [6.07, 6.45) is 1.89. The molecular weight excluding hydrogens is 316 g/mol. The number of carbonyl (C=O) groups excluding carboxylic acids is 2. The van der Waals surface area contributed by atoms with Crippen LogP contribution in [0.2, 0.25) is 0 Å². The molecule has 1 heterocycles. The Morgan fingerprint density at radius 1 is 1.16 bits per heavy atom. The number of carbonyl (C=O) groups is 2. The molecule has 1 aliphatic rings. The van der Waals surface area contributed by atoms with Crippen molar-refractivity contribution in [2.75, 3.05) is 18.6 Å². The van der Waals surface area contributed by atoms with E-state index in [1.807, 2.05) is 42.5 Å². The van der Waals surface area contributed by atoms with Gasteiger partial charge < -0.3 is 15.0 Å². The zero-order valence-corrected chi connectivity index (χ0v) is 14.5. The van der Waals surface area contributed by atoms with Gasteiger partial charge in [-0.3, -0.25) is 9.59 Å². The van der Waals surface area contributed by atoms with Crippen molar-refractivity contribution in [3.8, 4) is 5.75 Å². The van der Waals surface area contributed by atoms with Gasteiger partial charge in [-0.25, -0.2) is 0 Å². The number of aryl methyl sites for hydroxylation is 1. The Kier molecular flexibility index (Phi) is 5.03. The Morgan fingerprint density at radius 3 is 2.60 bits per heavy atom. The molecular formula is C20H22N2O3. The molecule has 5 heteroatoms. The Bertz CT molecular complexity index is 770. The van der Waals surface area contributed by atoms with E-state index >= 15 is 0 Å². The first-order valence-electron chi connectivity index (χ1n) is 8.41. The van der Waals surface area contributed by atoms with Gasteiger partial charge in [0, 0.05) is 25.6 Å². The Balaban J connectivity index is 1.84. The maximum absolute atomic E-state index is 13.0. The van der Waals surface area contributed by atoms with Gasteiger partial charge in [-0.15, -0.1) is 0 Å². The van der Waals surface area contributed by atoms with Crippen LogP contribution in [0.5, 0.6) is 5.75 Å². The number of ether oxygens (including phenoxy) is 1. The molecule has 0 fully saturated rings. The summed E-state index contributed by atoms with van der Waals surface area (Å²) in [4.78, 5) is 25.8. The fourth-order valence-corrected chi connectivity index (χ4v) is 3.13. The molecule has 0 saturated heterocycles. The molecule has 0 unspecified atom stereocenters. The second kappa shape index (κ2) is 7.38. The lowest BCUT2D eigenvalue weighted by Gasteiger charge is -2.31. The molecule has 25 heavy (non-hydrogen) atoms. The summed E-state index contributed by atoms with van der Waals surface area (Å²) < 4.78 is 5.47. The van der Waals surface area contributed by atoms with Crippen LogP contribution in [-0.4, -0.2) is 25.5 Å². The van der Waals surface area contributed by atoms with Crippen LogP contribution in [-0.2, 0) is 17.8 Å². The second-order valence-corrected chi connectivity index (χ2v) is 6.14. The van der Waals surface area contributed by atoms with Crippen LogP contribution in [0.15, 0.2) is 42.5 Å². The SMILES string of the molecule is COc1cccc2c1N(C(=O)c1ccc(CNC(C)=O)cc1)CCC2. The van der Waals surface area contributed by atoms with Crippen molar-refractivity contribution >= 4 is 17.5 Å². The number of amides is 2.